The van der Waals surface area contributed by atoms with E-state index < -0.39 is 0 Å². The molecule has 1 aromatic carbocycles. The SMILES string of the molecule is CCN(CC)Cc1ccc(CNC(=O)c2sc3nnc(C)c(C)c3c2N)cc1. The summed E-state index contributed by atoms with van der Waals surface area (Å²) < 4.78 is 0. The van der Waals surface area contributed by atoms with Crippen LogP contribution in [0.4, 0.5) is 5.69 Å². The van der Waals surface area contributed by atoms with Gasteiger partial charge in [-0.1, -0.05) is 38.1 Å². The number of carbonyl (C=O) groups excluding carboxylic acids is 1. The Morgan fingerprint density at radius 1 is 1.11 bits per heavy atom. The number of hydrogen-bond donors (Lipinski definition) is 2. The molecule has 6 nitrogen and oxygen atoms in total. The molecule has 0 spiro atoms. The molecule has 28 heavy (non-hydrogen) atoms. The van der Waals surface area contributed by atoms with Crippen molar-refractivity contribution in [1.82, 2.24) is 20.4 Å². The Labute approximate surface area is 169 Å². The molecule has 0 aliphatic heterocycles. The average molecular weight is 398 g/mol. The Kier molecular flexibility index (Phi) is 6.26. The fraction of sp³-hybridized carbons (Fsp3) is 0.381. The van der Waals surface area contributed by atoms with Gasteiger partial charge < -0.3 is 11.1 Å². The Morgan fingerprint density at radius 2 is 1.75 bits per heavy atom. The van der Waals surface area contributed by atoms with Crippen LogP contribution >= 0.6 is 11.3 Å². The van der Waals surface area contributed by atoms with Gasteiger partial charge >= 0.3 is 0 Å². The number of anilines is 1. The van der Waals surface area contributed by atoms with Gasteiger partial charge in [-0.05, 0) is 43.6 Å². The van der Waals surface area contributed by atoms with Crippen molar-refractivity contribution in [2.75, 3.05) is 18.8 Å². The van der Waals surface area contributed by atoms with E-state index >= 15 is 0 Å². The largest absolute Gasteiger partial charge is 0.397 e. The third-order valence-corrected chi connectivity index (χ3v) is 6.21. The molecule has 3 N–H and O–H groups in total. The summed E-state index contributed by atoms with van der Waals surface area (Å²) in [5, 5.41) is 12.1. The van der Waals surface area contributed by atoms with E-state index in [0.29, 0.717) is 21.9 Å². The van der Waals surface area contributed by atoms with Crippen LogP contribution in [0.2, 0.25) is 0 Å². The van der Waals surface area contributed by atoms with Crippen molar-refractivity contribution in [1.29, 1.82) is 0 Å². The molecule has 3 rings (SSSR count). The molecule has 2 aromatic heterocycles. The maximum Gasteiger partial charge on any atom is 0.263 e. The number of hydrogen-bond acceptors (Lipinski definition) is 6. The van der Waals surface area contributed by atoms with Gasteiger partial charge in [0.1, 0.15) is 9.71 Å². The molecule has 0 aliphatic carbocycles. The smallest absolute Gasteiger partial charge is 0.263 e. The summed E-state index contributed by atoms with van der Waals surface area (Å²) in [6, 6.07) is 8.36. The van der Waals surface area contributed by atoms with Gasteiger partial charge in [0.05, 0.1) is 11.4 Å². The lowest BCUT2D eigenvalue weighted by Crippen LogP contribution is -2.23. The summed E-state index contributed by atoms with van der Waals surface area (Å²) in [7, 11) is 0. The monoisotopic (exact) mass is 397 g/mol. The van der Waals surface area contributed by atoms with Gasteiger partial charge in [0.15, 0.2) is 0 Å². The normalized spacial score (nSPS) is 11.3. The molecule has 0 atom stereocenters. The van der Waals surface area contributed by atoms with Gasteiger partial charge in [-0.2, -0.15) is 5.10 Å². The average Bonchev–Trinajstić information content (AvgIpc) is 3.05. The van der Waals surface area contributed by atoms with Gasteiger partial charge in [-0.25, -0.2) is 0 Å². The maximum absolute atomic E-state index is 12.7. The van der Waals surface area contributed by atoms with E-state index in [0.717, 1.165) is 41.8 Å². The molecule has 1 amide bonds. The summed E-state index contributed by atoms with van der Waals surface area (Å²) in [5.74, 6) is -0.176. The van der Waals surface area contributed by atoms with Crippen molar-refractivity contribution >= 4 is 33.1 Å². The van der Waals surface area contributed by atoms with E-state index in [1.165, 1.54) is 16.9 Å². The van der Waals surface area contributed by atoms with Crippen LogP contribution < -0.4 is 11.1 Å². The number of fused-ring (bicyclic) bond motifs is 1. The molecule has 2 heterocycles. The number of amides is 1. The molecule has 0 unspecified atom stereocenters. The zero-order valence-electron chi connectivity index (χ0n) is 16.9. The topological polar surface area (TPSA) is 84.1 Å². The van der Waals surface area contributed by atoms with Gasteiger partial charge in [0, 0.05) is 18.5 Å². The third-order valence-electron chi connectivity index (χ3n) is 5.12. The molecule has 3 aromatic rings. The summed E-state index contributed by atoms with van der Waals surface area (Å²) in [6.07, 6.45) is 0. The van der Waals surface area contributed by atoms with Crippen molar-refractivity contribution < 1.29 is 4.79 Å². The molecule has 7 heteroatoms. The van der Waals surface area contributed by atoms with Gasteiger partial charge in [0.2, 0.25) is 0 Å². The first-order valence-corrected chi connectivity index (χ1v) is 10.4. The number of nitrogens with two attached hydrogens (primary N) is 1. The van der Waals surface area contributed by atoms with Crippen LogP contribution in [0.1, 0.15) is 45.9 Å². The molecule has 0 bridgehead atoms. The number of aryl methyl sites for hydroxylation is 2. The molecule has 0 fully saturated rings. The van der Waals surface area contributed by atoms with Crippen molar-refractivity contribution in [2.45, 2.75) is 40.8 Å². The molecule has 0 saturated heterocycles. The number of aromatic nitrogens is 2. The fourth-order valence-electron chi connectivity index (χ4n) is 3.14. The first-order valence-electron chi connectivity index (χ1n) is 9.54. The Hall–Kier alpha value is -2.51. The van der Waals surface area contributed by atoms with Crippen LogP contribution in [-0.2, 0) is 13.1 Å². The van der Waals surface area contributed by atoms with Gasteiger partial charge in [-0.15, -0.1) is 16.4 Å². The highest BCUT2D eigenvalue weighted by atomic mass is 32.1. The van der Waals surface area contributed by atoms with Crippen LogP contribution in [-0.4, -0.2) is 34.1 Å². The van der Waals surface area contributed by atoms with Crippen molar-refractivity contribution in [3.8, 4) is 0 Å². The van der Waals surface area contributed by atoms with Crippen molar-refractivity contribution in [3.05, 3.63) is 51.5 Å². The van der Waals surface area contributed by atoms with Crippen molar-refractivity contribution in [3.63, 3.8) is 0 Å². The molecule has 0 radical (unpaired) electrons. The number of benzene rings is 1. The second kappa shape index (κ2) is 8.67. The first kappa shape index (κ1) is 20.2. The fourth-order valence-corrected chi connectivity index (χ4v) is 4.16. The zero-order valence-corrected chi connectivity index (χ0v) is 17.7. The highest BCUT2D eigenvalue weighted by Gasteiger charge is 2.19. The zero-order chi connectivity index (χ0) is 20.3. The van der Waals surface area contributed by atoms with Crippen LogP contribution in [0.15, 0.2) is 24.3 Å². The summed E-state index contributed by atoms with van der Waals surface area (Å²) in [4.78, 5) is 16.2. The van der Waals surface area contributed by atoms with Crippen LogP contribution in [0.3, 0.4) is 0 Å². The van der Waals surface area contributed by atoms with E-state index in [1.54, 1.807) is 0 Å². The van der Waals surface area contributed by atoms with E-state index in [2.05, 4.69) is 58.5 Å². The number of nitrogens with zero attached hydrogens (tertiary/aromatic N) is 3. The van der Waals surface area contributed by atoms with Crippen LogP contribution in [0.25, 0.3) is 10.2 Å². The highest BCUT2D eigenvalue weighted by Crippen LogP contribution is 2.34. The second-order valence-corrected chi connectivity index (χ2v) is 7.90. The predicted octanol–water partition coefficient (Wildman–Crippen LogP) is 3.66. The van der Waals surface area contributed by atoms with Crippen LogP contribution in [0.5, 0.6) is 0 Å². The molecule has 148 valence electrons. The van der Waals surface area contributed by atoms with Gasteiger partial charge in [0.25, 0.3) is 5.91 Å². The molecule has 0 aliphatic rings. The Morgan fingerprint density at radius 3 is 2.39 bits per heavy atom. The van der Waals surface area contributed by atoms with E-state index in [-0.39, 0.29) is 5.91 Å². The lowest BCUT2D eigenvalue weighted by atomic mass is 10.1. The Balaban J connectivity index is 1.68. The number of nitrogen functional groups attached to an aromatic ring is 1. The quantitative estimate of drug-likeness (QED) is 0.636. The summed E-state index contributed by atoms with van der Waals surface area (Å²) >= 11 is 1.29. The standard InChI is InChI=1S/C21H27N5OS/c1-5-26(6-2)12-16-9-7-15(8-10-16)11-23-20(27)19-18(22)17-13(3)14(4)24-25-21(17)28-19/h7-10H,5-6,11-12,22H2,1-4H3,(H,23,27). The Bertz CT molecular complexity index is 977. The number of nitrogens with one attached hydrogen (secondary N) is 1. The van der Waals surface area contributed by atoms with E-state index in [4.69, 9.17) is 5.73 Å². The minimum absolute atomic E-state index is 0.176. The van der Waals surface area contributed by atoms with Crippen LogP contribution in [0, 0.1) is 13.8 Å². The lowest BCUT2D eigenvalue weighted by Gasteiger charge is -2.18. The van der Waals surface area contributed by atoms with Crippen molar-refractivity contribution in [2.24, 2.45) is 0 Å². The minimum Gasteiger partial charge on any atom is -0.397 e. The van der Waals surface area contributed by atoms with E-state index in [9.17, 15) is 4.79 Å². The highest BCUT2D eigenvalue weighted by molar-refractivity contribution is 7.21. The lowest BCUT2D eigenvalue weighted by molar-refractivity contribution is 0.0956. The number of thiophene rings is 1. The number of rotatable bonds is 7. The molecular weight excluding hydrogens is 370 g/mol. The molecule has 0 saturated carbocycles. The second-order valence-electron chi connectivity index (χ2n) is 6.90. The number of carbonyl (C=O) groups is 1. The third kappa shape index (κ3) is 4.15. The van der Waals surface area contributed by atoms with Gasteiger partial charge in [-0.3, -0.25) is 9.69 Å². The summed E-state index contributed by atoms with van der Waals surface area (Å²) in [6.45, 7) is 11.7. The first-order chi connectivity index (χ1) is 13.4. The molecular formula is C21H27N5OS. The van der Waals surface area contributed by atoms with E-state index in [1.807, 2.05) is 13.8 Å². The predicted molar refractivity (Wildman–Crippen MR) is 116 cm³/mol. The minimum atomic E-state index is -0.176. The summed E-state index contributed by atoms with van der Waals surface area (Å²) in [5.41, 5.74) is 10.9. The maximum atomic E-state index is 12.7.